The predicted molar refractivity (Wildman–Crippen MR) is 201 cm³/mol. The predicted octanol–water partition coefficient (Wildman–Crippen LogP) is 8.70. The summed E-state index contributed by atoms with van der Waals surface area (Å²) in [6.45, 7) is 17.3. The zero-order valence-corrected chi connectivity index (χ0v) is 32.1. The van der Waals surface area contributed by atoms with Gasteiger partial charge in [0.2, 0.25) is 0 Å². The number of piperidine rings is 1. The van der Waals surface area contributed by atoms with Crippen LogP contribution < -0.4 is 9.64 Å². The molecule has 2 atom stereocenters. The quantitative estimate of drug-likeness (QED) is 0.210. The summed E-state index contributed by atoms with van der Waals surface area (Å²) < 4.78 is 41.7. The normalized spacial score (nSPS) is 20.8. The Labute approximate surface area is 307 Å². The first-order valence-corrected chi connectivity index (χ1v) is 18.5. The van der Waals surface area contributed by atoms with Gasteiger partial charge >= 0.3 is 5.97 Å². The maximum atomic E-state index is 14.8. The van der Waals surface area contributed by atoms with Gasteiger partial charge in [-0.25, -0.2) is 14.2 Å². The van der Waals surface area contributed by atoms with Crippen LogP contribution in [0.3, 0.4) is 0 Å². The van der Waals surface area contributed by atoms with Gasteiger partial charge in [0.05, 0.1) is 35.7 Å². The molecule has 1 N–H and O–H groups in total. The van der Waals surface area contributed by atoms with Crippen LogP contribution in [0.1, 0.15) is 103 Å². The third-order valence-corrected chi connectivity index (χ3v) is 10.3. The molecule has 0 unspecified atom stereocenters. The van der Waals surface area contributed by atoms with Crippen LogP contribution in [0.15, 0.2) is 48.7 Å². The number of hydrogen-bond acceptors (Lipinski definition) is 8. The molecule has 9 nitrogen and oxygen atoms in total. The molecule has 0 spiro atoms. The minimum Gasteiger partial charge on any atom is -0.490 e. The molecule has 7 rings (SSSR count). The number of methoxy groups -OCH3 is 1. The van der Waals surface area contributed by atoms with Crippen LogP contribution in [0.25, 0.3) is 28.0 Å². The highest BCUT2D eigenvalue weighted by molar-refractivity contribution is 5.83. The van der Waals surface area contributed by atoms with Gasteiger partial charge in [-0.1, -0.05) is 18.2 Å². The summed E-state index contributed by atoms with van der Waals surface area (Å²) in [5.41, 5.74) is 3.06. The van der Waals surface area contributed by atoms with Crippen LogP contribution in [-0.2, 0) is 24.6 Å². The third kappa shape index (κ3) is 7.84. The highest BCUT2D eigenvalue weighted by Gasteiger charge is 2.40. The molecule has 280 valence electrons. The number of aromatic nitrogens is 2. The van der Waals surface area contributed by atoms with Gasteiger partial charge in [-0.05, 0) is 123 Å². The molecule has 6 bridgehead atoms. The van der Waals surface area contributed by atoms with E-state index in [4.69, 9.17) is 23.9 Å². The number of ether oxygens (including phenoxy) is 4. The van der Waals surface area contributed by atoms with Gasteiger partial charge < -0.3 is 29.0 Å². The van der Waals surface area contributed by atoms with E-state index in [2.05, 4.69) is 18.7 Å². The highest BCUT2D eigenvalue weighted by atomic mass is 19.1. The summed E-state index contributed by atoms with van der Waals surface area (Å²) in [6, 6.07) is 12.5. The maximum absolute atomic E-state index is 14.8. The Balaban J connectivity index is 1.64. The van der Waals surface area contributed by atoms with Crippen molar-refractivity contribution in [1.29, 1.82) is 0 Å². The van der Waals surface area contributed by atoms with Gasteiger partial charge in [0.25, 0.3) is 0 Å². The van der Waals surface area contributed by atoms with E-state index in [9.17, 15) is 14.3 Å². The summed E-state index contributed by atoms with van der Waals surface area (Å²) in [5.74, 6) is 0.505. The number of rotatable bonds is 4. The molecule has 10 heteroatoms. The number of benzene rings is 2. The molecule has 5 heterocycles. The molecule has 3 aliphatic heterocycles. The fraction of sp³-hybridized carbons (Fsp3) is 0.524. The van der Waals surface area contributed by atoms with E-state index in [-0.39, 0.29) is 17.5 Å². The molecule has 2 aromatic heterocycles. The lowest BCUT2D eigenvalue weighted by molar-refractivity contribution is -0.164. The number of carbonyl (C=O) groups is 1. The first kappa shape index (κ1) is 37.8. The Morgan fingerprint density at radius 3 is 2.46 bits per heavy atom. The molecule has 0 amide bonds. The number of pyridine rings is 1. The second kappa shape index (κ2) is 14.4. The Bertz CT molecular complexity index is 1930. The SMILES string of the molecule is COC(=O)[C@@H](OC(C)(C)C)c1c(C)c(C(C)(C)O)c2nc3cn2c1N1CCC(C)(CC1)OCCCC[C@H](C)Oc1ccc(F)cc1-c1cccc-3c1. The van der Waals surface area contributed by atoms with E-state index >= 15 is 0 Å². The average Bonchev–Trinajstić information content (AvgIpc) is 3.50. The number of esters is 1. The van der Waals surface area contributed by atoms with Crippen molar-refractivity contribution in [3.05, 3.63) is 71.2 Å². The highest BCUT2D eigenvalue weighted by Crippen LogP contribution is 2.44. The number of nitrogens with zero attached hydrogens (tertiary/aromatic N) is 3. The number of hydrogen-bond donors (Lipinski definition) is 1. The molecule has 4 aromatic rings. The van der Waals surface area contributed by atoms with Crippen molar-refractivity contribution in [2.45, 2.75) is 117 Å². The third-order valence-electron chi connectivity index (χ3n) is 10.3. The monoisotopic (exact) mass is 715 g/mol. The summed E-state index contributed by atoms with van der Waals surface area (Å²) in [7, 11) is 1.37. The topological polar surface area (TPSA) is 94.8 Å². The second-order valence-corrected chi connectivity index (χ2v) is 16.2. The number of halogens is 1. The van der Waals surface area contributed by atoms with Gasteiger partial charge in [0, 0.05) is 48.1 Å². The van der Waals surface area contributed by atoms with E-state index in [1.807, 2.05) is 62.6 Å². The standard InChI is InChI=1S/C42H54FN3O6/c1-26-13-10-11-22-50-42(8)18-20-45(21-19-42)38-34(36(39(47)49-9)52-40(3,4)5)27(2)35(41(6,7)48)37-44-32(25-46(37)38)29-15-12-14-28(23-29)31-24-30(43)16-17-33(31)51-26/h12,14-17,23-26,36,48H,10-11,13,18-22H2,1-9H3/t26-,36-/m0/s1. The van der Waals surface area contributed by atoms with E-state index in [1.165, 1.54) is 19.2 Å². The first-order valence-electron chi connectivity index (χ1n) is 18.5. The van der Waals surface area contributed by atoms with Crippen LogP contribution in [0, 0.1) is 12.7 Å². The molecule has 3 aliphatic rings. The minimum absolute atomic E-state index is 0.0672. The van der Waals surface area contributed by atoms with E-state index in [1.54, 1.807) is 19.9 Å². The van der Waals surface area contributed by atoms with E-state index in [0.29, 0.717) is 59.0 Å². The lowest BCUT2D eigenvalue weighted by atomic mass is 9.88. The summed E-state index contributed by atoms with van der Waals surface area (Å²) in [5, 5.41) is 11.8. The van der Waals surface area contributed by atoms with E-state index in [0.717, 1.165) is 49.0 Å². The Kier molecular flexibility index (Phi) is 10.5. The smallest absolute Gasteiger partial charge is 0.339 e. The number of fused-ring (bicyclic) bond motifs is 8. The van der Waals surface area contributed by atoms with Gasteiger partial charge in [0.15, 0.2) is 6.10 Å². The molecule has 1 saturated heterocycles. The van der Waals surface area contributed by atoms with Crippen molar-refractivity contribution >= 4 is 17.4 Å². The van der Waals surface area contributed by atoms with Crippen LogP contribution in [0.4, 0.5) is 10.2 Å². The summed E-state index contributed by atoms with van der Waals surface area (Å²) in [4.78, 5) is 21.2. The molecule has 0 saturated carbocycles. The zero-order chi connectivity index (χ0) is 37.6. The molecular formula is C42H54FN3O6. The van der Waals surface area contributed by atoms with Crippen molar-refractivity contribution in [3.63, 3.8) is 0 Å². The van der Waals surface area contributed by atoms with Gasteiger partial charge in [-0.2, -0.15) is 0 Å². The van der Waals surface area contributed by atoms with Crippen molar-refractivity contribution in [3.8, 4) is 28.1 Å². The second-order valence-electron chi connectivity index (χ2n) is 16.2. The average molecular weight is 716 g/mol. The summed E-state index contributed by atoms with van der Waals surface area (Å²) in [6.07, 6.45) is 5.05. The Morgan fingerprint density at radius 1 is 1.08 bits per heavy atom. The van der Waals surface area contributed by atoms with Crippen molar-refractivity contribution in [1.82, 2.24) is 9.38 Å². The van der Waals surface area contributed by atoms with E-state index < -0.39 is 23.3 Å². The molecule has 1 fully saturated rings. The van der Waals surface area contributed by atoms with Crippen LogP contribution in [0.2, 0.25) is 0 Å². The first-order chi connectivity index (χ1) is 24.5. The maximum Gasteiger partial charge on any atom is 0.339 e. The Morgan fingerprint density at radius 2 is 1.79 bits per heavy atom. The van der Waals surface area contributed by atoms with Crippen molar-refractivity contribution < 1.29 is 33.2 Å². The van der Waals surface area contributed by atoms with Crippen molar-refractivity contribution in [2.75, 3.05) is 31.7 Å². The van der Waals surface area contributed by atoms with Gasteiger partial charge in [-0.15, -0.1) is 0 Å². The fourth-order valence-electron chi connectivity index (χ4n) is 7.65. The summed E-state index contributed by atoms with van der Waals surface area (Å²) >= 11 is 0. The van der Waals surface area contributed by atoms with Crippen molar-refractivity contribution in [2.24, 2.45) is 0 Å². The lowest BCUT2D eigenvalue weighted by Crippen LogP contribution is -2.46. The van der Waals surface area contributed by atoms with Crippen LogP contribution in [-0.4, -0.2) is 64.6 Å². The molecule has 52 heavy (non-hydrogen) atoms. The largest absolute Gasteiger partial charge is 0.490 e. The fourth-order valence-corrected chi connectivity index (χ4v) is 7.65. The Hall–Kier alpha value is -3.99. The lowest BCUT2D eigenvalue weighted by Gasteiger charge is -2.42. The van der Waals surface area contributed by atoms with Gasteiger partial charge in [0.1, 0.15) is 23.0 Å². The van der Waals surface area contributed by atoms with Crippen LogP contribution in [0.5, 0.6) is 5.75 Å². The molecule has 2 aromatic carbocycles. The number of carbonyl (C=O) groups excluding carboxylic acids is 1. The number of aliphatic hydroxyl groups is 1. The molecular weight excluding hydrogens is 661 g/mol. The van der Waals surface area contributed by atoms with Gasteiger partial charge in [-0.3, -0.25) is 4.40 Å². The molecule has 0 aliphatic carbocycles. The number of anilines is 1. The molecule has 0 radical (unpaired) electrons. The van der Waals surface area contributed by atoms with Crippen LogP contribution >= 0.6 is 0 Å². The number of imidazole rings is 1. The minimum atomic E-state index is -1.34. The zero-order valence-electron chi connectivity index (χ0n) is 32.1.